The first-order valence-electron chi connectivity index (χ1n) is 16.3. The molecule has 7 rings (SSSR count). The van der Waals surface area contributed by atoms with Gasteiger partial charge in [0.15, 0.2) is 0 Å². The van der Waals surface area contributed by atoms with E-state index in [1.807, 2.05) is 38.1 Å². The molecule has 1 unspecified atom stereocenters. The van der Waals surface area contributed by atoms with Gasteiger partial charge in [0.2, 0.25) is 0 Å². The summed E-state index contributed by atoms with van der Waals surface area (Å²) < 4.78 is 5.66. The molecule has 3 fully saturated rings. The van der Waals surface area contributed by atoms with Crippen molar-refractivity contribution >= 4 is 17.0 Å². The molecular formula is C35H44N6O2. The lowest BCUT2D eigenvalue weighted by Gasteiger charge is -2.28. The van der Waals surface area contributed by atoms with E-state index in [1.54, 1.807) is 0 Å². The van der Waals surface area contributed by atoms with E-state index in [0.717, 1.165) is 61.4 Å². The zero-order valence-corrected chi connectivity index (χ0v) is 25.7. The normalized spacial score (nSPS) is 23.3. The second-order valence-electron chi connectivity index (χ2n) is 13.9. The van der Waals surface area contributed by atoms with E-state index < -0.39 is 5.60 Å². The summed E-state index contributed by atoms with van der Waals surface area (Å²) in [5, 5.41) is 1.17. The second-order valence-corrected chi connectivity index (χ2v) is 13.9. The first-order chi connectivity index (χ1) is 20.8. The van der Waals surface area contributed by atoms with E-state index in [0.29, 0.717) is 24.3 Å². The highest BCUT2D eigenvalue weighted by molar-refractivity contribution is 5.84. The van der Waals surface area contributed by atoms with Gasteiger partial charge in [-0.3, -0.25) is 9.88 Å². The number of fused-ring (bicyclic) bond motifs is 1. The van der Waals surface area contributed by atoms with Crippen molar-refractivity contribution in [1.29, 1.82) is 0 Å². The first-order valence-corrected chi connectivity index (χ1v) is 16.3. The lowest BCUT2D eigenvalue weighted by atomic mass is 9.79. The number of aromatic nitrogens is 5. The molecule has 2 saturated carbocycles. The van der Waals surface area contributed by atoms with E-state index in [-0.39, 0.29) is 12.1 Å². The number of hydrogen-bond acceptors (Lipinski definition) is 5. The number of carbonyl (C=O) groups is 1. The molecule has 1 atom stereocenters. The third-order valence-electron chi connectivity index (χ3n) is 9.76. The fourth-order valence-corrected chi connectivity index (χ4v) is 7.44. The van der Waals surface area contributed by atoms with Crippen LogP contribution in [0.2, 0.25) is 0 Å². The molecule has 1 saturated heterocycles. The highest BCUT2D eigenvalue weighted by Gasteiger charge is 2.35. The Balaban J connectivity index is 0.984. The molecule has 226 valence electrons. The van der Waals surface area contributed by atoms with Crippen molar-refractivity contribution in [3.8, 4) is 11.3 Å². The summed E-state index contributed by atoms with van der Waals surface area (Å²) in [7, 11) is 0. The van der Waals surface area contributed by atoms with Crippen LogP contribution < -0.4 is 0 Å². The van der Waals surface area contributed by atoms with Gasteiger partial charge in [0.05, 0.1) is 23.4 Å². The van der Waals surface area contributed by atoms with Gasteiger partial charge >= 0.3 is 6.09 Å². The van der Waals surface area contributed by atoms with Crippen molar-refractivity contribution in [2.24, 2.45) is 0 Å². The minimum absolute atomic E-state index is 0.0372. The number of imidazole rings is 2. The fraction of sp³-hybridized carbons (Fsp3) is 0.543. The van der Waals surface area contributed by atoms with Gasteiger partial charge in [-0.15, -0.1) is 0 Å². The van der Waals surface area contributed by atoms with Crippen LogP contribution in [0, 0.1) is 0 Å². The van der Waals surface area contributed by atoms with Gasteiger partial charge in [-0.25, -0.2) is 14.8 Å². The molecule has 2 N–H and O–H groups in total. The summed E-state index contributed by atoms with van der Waals surface area (Å²) in [6.07, 6.45) is 15.2. The predicted molar refractivity (Wildman–Crippen MR) is 168 cm³/mol. The standard InChI is InChI=1S/C35H44N6O2/c1-35(2,3)43-34(42)41-18-6-9-31(41)33-37-20-29(40-33)23-12-10-22(11-13-23)27-16-14-25-19-26(15-17-28(25)38-27)30-21-36-32(39-30)24-7-4-5-8-24/h14-17,19-24,31H,4-13,18H2,1-3H3,(H,36,39)(H,37,40). The highest BCUT2D eigenvalue weighted by atomic mass is 16.6. The number of benzene rings is 1. The Kier molecular flexibility index (Phi) is 7.48. The zero-order valence-electron chi connectivity index (χ0n) is 25.7. The fourth-order valence-electron chi connectivity index (χ4n) is 7.44. The number of ether oxygens (including phenoxy) is 1. The van der Waals surface area contributed by atoms with Crippen LogP contribution in [-0.2, 0) is 4.74 Å². The quantitative estimate of drug-likeness (QED) is 0.246. The summed E-state index contributed by atoms with van der Waals surface area (Å²) in [5.41, 5.74) is 5.22. The van der Waals surface area contributed by atoms with Gasteiger partial charge in [0, 0.05) is 52.8 Å². The number of aromatic amines is 2. The van der Waals surface area contributed by atoms with Crippen molar-refractivity contribution in [2.45, 2.75) is 114 Å². The third kappa shape index (κ3) is 5.93. The average Bonchev–Trinajstić information content (AvgIpc) is 3.82. The molecule has 4 aromatic rings. The van der Waals surface area contributed by atoms with Crippen LogP contribution in [0.25, 0.3) is 22.2 Å². The van der Waals surface area contributed by atoms with Gasteiger partial charge in [-0.05, 0) is 90.3 Å². The molecule has 1 aliphatic heterocycles. The Labute approximate surface area is 254 Å². The minimum atomic E-state index is -0.501. The first kappa shape index (κ1) is 28.1. The molecule has 3 aliphatic rings. The van der Waals surface area contributed by atoms with Crippen LogP contribution in [0.1, 0.15) is 132 Å². The number of nitrogens with one attached hydrogen (secondary N) is 2. The summed E-state index contributed by atoms with van der Waals surface area (Å²) >= 11 is 0. The third-order valence-corrected chi connectivity index (χ3v) is 9.76. The SMILES string of the molecule is CC(C)(C)OC(=O)N1CCCC1c1ncc(C2CCC(c3ccc4cc(-c5cnc(C6CCCC6)[nH]5)ccc4n3)CC2)[nH]1. The number of amides is 1. The van der Waals surface area contributed by atoms with Gasteiger partial charge in [-0.1, -0.05) is 25.0 Å². The van der Waals surface area contributed by atoms with E-state index in [2.05, 4.69) is 40.3 Å². The predicted octanol–water partition coefficient (Wildman–Crippen LogP) is 8.52. The summed E-state index contributed by atoms with van der Waals surface area (Å²) in [4.78, 5) is 36.4. The van der Waals surface area contributed by atoms with E-state index in [1.165, 1.54) is 48.0 Å². The van der Waals surface area contributed by atoms with Crippen molar-refractivity contribution in [3.63, 3.8) is 0 Å². The van der Waals surface area contributed by atoms with E-state index >= 15 is 0 Å². The van der Waals surface area contributed by atoms with Gasteiger partial charge in [-0.2, -0.15) is 0 Å². The van der Waals surface area contributed by atoms with Crippen LogP contribution in [-0.4, -0.2) is 48.1 Å². The zero-order chi connectivity index (χ0) is 29.6. The number of likely N-dealkylation sites (tertiary alicyclic amines) is 1. The van der Waals surface area contributed by atoms with E-state index in [9.17, 15) is 4.79 Å². The molecular weight excluding hydrogens is 536 g/mol. The Hall–Kier alpha value is -3.68. The molecule has 8 heteroatoms. The maximum Gasteiger partial charge on any atom is 0.410 e. The molecule has 8 nitrogen and oxygen atoms in total. The second kappa shape index (κ2) is 11.4. The molecule has 4 heterocycles. The highest BCUT2D eigenvalue weighted by Crippen LogP contribution is 2.41. The Bertz CT molecular complexity index is 1590. The maximum absolute atomic E-state index is 12.8. The van der Waals surface area contributed by atoms with Crippen LogP contribution in [0.15, 0.2) is 42.7 Å². The molecule has 0 bridgehead atoms. The number of rotatable bonds is 5. The van der Waals surface area contributed by atoms with Crippen molar-refractivity contribution in [3.05, 3.63) is 65.8 Å². The molecule has 43 heavy (non-hydrogen) atoms. The molecule has 1 amide bonds. The monoisotopic (exact) mass is 580 g/mol. The number of hydrogen-bond donors (Lipinski definition) is 2. The Morgan fingerprint density at radius 3 is 2.40 bits per heavy atom. The smallest absolute Gasteiger partial charge is 0.410 e. The van der Waals surface area contributed by atoms with Crippen molar-refractivity contribution in [1.82, 2.24) is 29.8 Å². The lowest BCUT2D eigenvalue weighted by Crippen LogP contribution is -2.36. The topological polar surface area (TPSA) is 99.8 Å². The maximum atomic E-state index is 12.8. The lowest BCUT2D eigenvalue weighted by molar-refractivity contribution is 0.0218. The molecule has 0 spiro atoms. The van der Waals surface area contributed by atoms with Crippen molar-refractivity contribution in [2.75, 3.05) is 6.54 Å². The molecule has 3 aromatic heterocycles. The summed E-state index contributed by atoms with van der Waals surface area (Å²) in [6.45, 7) is 6.45. The van der Waals surface area contributed by atoms with Crippen LogP contribution >= 0.6 is 0 Å². The number of pyridine rings is 1. The molecule has 0 radical (unpaired) electrons. The van der Waals surface area contributed by atoms with E-state index in [4.69, 9.17) is 19.7 Å². The van der Waals surface area contributed by atoms with Crippen LogP contribution in [0.3, 0.4) is 0 Å². The largest absolute Gasteiger partial charge is 0.444 e. The van der Waals surface area contributed by atoms with Crippen LogP contribution in [0.4, 0.5) is 4.79 Å². The number of nitrogens with zero attached hydrogens (tertiary/aromatic N) is 4. The van der Waals surface area contributed by atoms with Gasteiger partial charge in [0.25, 0.3) is 0 Å². The Morgan fingerprint density at radius 2 is 1.60 bits per heavy atom. The van der Waals surface area contributed by atoms with Gasteiger partial charge < -0.3 is 14.7 Å². The Morgan fingerprint density at radius 1 is 0.837 bits per heavy atom. The average molecular weight is 581 g/mol. The molecule has 1 aromatic carbocycles. The van der Waals surface area contributed by atoms with Crippen molar-refractivity contribution < 1.29 is 9.53 Å². The summed E-state index contributed by atoms with van der Waals surface area (Å²) in [6, 6.07) is 11.0. The number of H-pyrrole nitrogens is 2. The minimum Gasteiger partial charge on any atom is -0.444 e. The van der Waals surface area contributed by atoms with Crippen LogP contribution in [0.5, 0.6) is 0 Å². The molecule has 2 aliphatic carbocycles. The number of carbonyl (C=O) groups excluding carboxylic acids is 1. The summed E-state index contributed by atoms with van der Waals surface area (Å²) in [5.74, 6) is 3.55. The van der Waals surface area contributed by atoms with Gasteiger partial charge in [0.1, 0.15) is 17.2 Å².